The number of aromatic nitrogens is 3. The van der Waals surface area contributed by atoms with Gasteiger partial charge < -0.3 is 25.0 Å². The van der Waals surface area contributed by atoms with E-state index in [9.17, 15) is 0 Å². The van der Waals surface area contributed by atoms with E-state index in [0.717, 1.165) is 38.2 Å². The van der Waals surface area contributed by atoms with Crippen LogP contribution in [0.2, 0.25) is 5.02 Å². The average Bonchev–Trinajstić information content (AvgIpc) is 3.59. The summed E-state index contributed by atoms with van der Waals surface area (Å²) in [5, 5.41) is 6.47. The fraction of sp³-hybridized carbons (Fsp3) is 0.458. The molecule has 2 bridgehead atoms. The van der Waals surface area contributed by atoms with Crippen LogP contribution in [0.3, 0.4) is 0 Å². The molecule has 6 rings (SSSR count). The van der Waals surface area contributed by atoms with Crippen LogP contribution >= 0.6 is 11.6 Å². The maximum Gasteiger partial charge on any atom is 0.169 e. The summed E-state index contributed by atoms with van der Waals surface area (Å²) >= 11 is 6.32. The Morgan fingerprint density at radius 2 is 2.24 bits per heavy atom. The van der Waals surface area contributed by atoms with Gasteiger partial charge in [0.2, 0.25) is 0 Å². The molecule has 34 heavy (non-hydrogen) atoms. The molecule has 1 aromatic carbocycles. The van der Waals surface area contributed by atoms with Crippen LogP contribution in [0.5, 0.6) is 5.75 Å². The molecular formula is C24H26ClFN6O2. The third kappa shape index (κ3) is 3.91. The van der Waals surface area contributed by atoms with Gasteiger partial charge >= 0.3 is 0 Å². The molecule has 2 N–H and O–H groups in total. The Hall–Kier alpha value is -2.75. The standard InChI is InChI=1S/C24H26ClFN6O2/c1-24(7-2-8-34-24)12-33-18-5-3-16(21(26)20(18)25)30-23-22-17(28-13-29-23)4-6-19(31-22)32-11-14-9-15(32)10-27-14/h3-6,13-15,27H,2,7-12H2,1H3,(H,28,29,30)/t14-,15-,24-/m0/s1. The number of fused-ring (bicyclic) bond motifs is 3. The number of nitrogens with one attached hydrogen (secondary N) is 2. The van der Waals surface area contributed by atoms with E-state index in [0.29, 0.717) is 42.1 Å². The molecule has 0 radical (unpaired) electrons. The largest absolute Gasteiger partial charge is 0.489 e. The molecule has 10 heteroatoms. The third-order valence-electron chi connectivity index (χ3n) is 6.95. The SMILES string of the molecule is C[C@@]1(COc2ccc(Nc3ncnc4ccc(N5C[C@@H]6C[C@H]5CN6)nc34)c(F)c2Cl)CCCO1. The first-order valence-electron chi connectivity index (χ1n) is 11.6. The molecule has 3 aliphatic rings. The molecule has 3 fully saturated rings. The van der Waals surface area contributed by atoms with Crippen LogP contribution in [-0.4, -0.2) is 58.9 Å². The highest BCUT2D eigenvalue weighted by molar-refractivity contribution is 6.32. The lowest BCUT2D eigenvalue weighted by atomic mass is 10.0. The molecule has 178 valence electrons. The summed E-state index contributed by atoms with van der Waals surface area (Å²) in [5.41, 5.74) is 1.08. The molecule has 0 aliphatic carbocycles. The van der Waals surface area contributed by atoms with Crippen LogP contribution in [0, 0.1) is 5.82 Å². The van der Waals surface area contributed by atoms with Crippen LogP contribution in [0.15, 0.2) is 30.6 Å². The van der Waals surface area contributed by atoms with Crippen LogP contribution in [0.25, 0.3) is 11.0 Å². The molecule has 5 heterocycles. The highest BCUT2D eigenvalue weighted by Gasteiger charge is 2.38. The number of anilines is 3. The first-order valence-corrected chi connectivity index (χ1v) is 12.0. The summed E-state index contributed by atoms with van der Waals surface area (Å²) in [4.78, 5) is 15.8. The van der Waals surface area contributed by atoms with E-state index in [1.807, 2.05) is 19.1 Å². The van der Waals surface area contributed by atoms with Crippen LogP contribution < -0.4 is 20.3 Å². The van der Waals surface area contributed by atoms with Crippen LogP contribution in [-0.2, 0) is 4.74 Å². The van der Waals surface area contributed by atoms with Gasteiger partial charge in [-0.05, 0) is 50.5 Å². The zero-order chi connectivity index (χ0) is 23.3. The second-order valence-corrected chi connectivity index (χ2v) is 9.84. The first kappa shape index (κ1) is 21.8. The van der Waals surface area contributed by atoms with E-state index >= 15 is 4.39 Å². The fourth-order valence-corrected chi connectivity index (χ4v) is 5.29. The average molecular weight is 485 g/mol. The predicted octanol–water partition coefficient (Wildman–Crippen LogP) is 4.06. The van der Waals surface area contributed by atoms with Gasteiger partial charge in [0.25, 0.3) is 0 Å². The monoisotopic (exact) mass is 484 g/mol. The smallest absolute Gasteiger partial charge is 0.169 e. The number of nitrogens with zero attached hydrogens (tertiary/aromatic N) is 4. The molecule has 3 saturated heterocycles. The minimum atomic E-state index is -0.609. The Morgan fingerprint density at radius 3 is 3.00 bits per heavy atom. The minimum absolute atomic E-state index is 0.0841. The maximum atomic E-state index is 15.2. The highest BCUT2D eigenvalue weighted by Crippen LogP contribution is 2.36. The van der Waals surface area contributed by atoms with Crippen molar-refractivity contribution in [2.75, 3.05) is 36.5 Å². The van der Waals surface area contributed by atoms with Gasteiger partial charge in [-0.2, -0.15) is 0 Å². The number of rotatable bonds is 6. The molecule has 0 amide bonds. The zero-order valence-corrected chi connectivity index (χ0v) is 19.6. The summed E-state index contributed by atoms with van der Waals surface area (Å²) < 4.78 is 26.7. The predicted molar refractivity (Wildman–Crippen MR) is 129 cm³/mol. The second kappa shape index (κ2) is 8.48. The van der Waals surface area contributed by atoms with Crippen LogP contribution in [0.1, 0.15) is 26.2 Å². The van der Waals surface area contributed by atoms with Gasteiger partial charge in [-0.15, -0.1) is 0 Å². The molecule has 8 nitrogen and oxygen atoms in total. The topological polar surface area (TPSA) is 84.4 Å². The molecule has 3 atom stereocenters. The lowest BCUT2D eigenvalue weighted by Crippen LogP contribution is -2.44. The number of ether oxygens (including phenoxy) is 2. The van der Waals surface area contributed by atoms with Gasteiger partial charge in [0, 0.05) is 31.8 Å². The number of hydrogen-bond donors (Lipinski definition) is 2. The van der Waals surface area contributed by atoms with Crippen molar-refractivity contribution >= 4 is 40.0 Å². The normalized spacial score (nSPS) is 25.9. The van der Waals surface area contributed by atoms with Crippen LogP contribution in [0.4, 0.5) is 21.7 Å². The first-order chi connectivity index (χ1) is 16.5. The highest BCUT2D eigenvalue weighted by atomic mass is 35.5. The van der Waals surface area contributed by atoms with Crippen molar-refractivity contribution < 1.29 is 13.9 Å². The lowest BCUT2D eigenvalue weighted by molar-refractivity contribution is -0.0159. The zero-order valence-electron chi connectivity index (χ0n) is 18.9. The van der Waals surface area contributed by atoms with Gasteiger partial charge in [-0.3, -0.25) is 0 Å². The van der Waals surface area contributed by atoms with Gasteiger partial charge in [0.15, 0.2) is 11.6 Å². The third-order valence-corrected chi connectivity index (χ3v) is 7.30. The van der Waals surface area contributed by atoms with Gasteiger partial charge in [-0.25, -0.2) is 19.3 Å². The summed E-state index contributed by atoms with van der Waals surface area (Å²) in [6, 6.07) is 8.11. The number of piperazine rings is 1. The summed E-state index contributed by atoms with van der Waals surface area (Å²) in [6.07, 6.45) is 4.45. The molecular weight excluding hydrogens is 459 g/mol. The summed E-state index contributed by atoms with van der Waals surface area (Å²) in [5.74, 6) is 0.976. The number of halogens is 2. The molecule has 3 aliphatic heterocycles. The lowest BCUT2D eigenvalue weighted by Gasteiger charge is -2.28. The van der Waals surface area contributed by atoms with Crippen molar-refractivity contribution in [2.24, 2.45) is 0 Å². The summed E-state index contributed by atoms with van der Waals surface area (Å²) in [6.45, 7) is 4.91. The number of pyridine rings is 1. The Labute approximate surface area is 201 Å². The van der Waals surface area contributed by atoms with Gasteiger partial charge in [0.1, 0.15) is 35.0 Å². The van der Waals surface area contributed by atoms with Gasteiger partial charge in [-0.1, -0.05) is 11.6 Å². The van der Waals surface area contributed by atoms with E-state index in [4.69, 9.17) is 26.1 Å². The van der Waals surface area contributed by atoms with Crippen molar-refractivity contribution in [3.63, 3.8) is 0 Å². The Morgan fingerprint density at radius 1 is 1.32 bits per heavy atom. The van der Waals surface area contributed by atoms with Gasteiger partial charge in [0.05, 0.1) is 16.8 Å². The molecule has 3 aromatic rings. The van der Waals surface area contributed by atoms with E-state index in [1.54, 1.807) is 12.1 Å². The number of benzene rings is 1. The van der Waals surface area contributed by atoms with Crippen molar-refractivity contribution in [3.8, 4) is 5.75 Å². The van der Waals surface area contributed by atoms with Crippen molar-refractivity contribution in [1.82, 2.24) is 20.3 Å². The Kier molecular flexibility index (Phi) is 5.43. The maximum absolute atomic E-state index is 15.2. The van der Waals surface area contributed by atoms with Crippen molar-refractivity contribution in [1.29, 1.82) is 0 Å². The molecule has 0 spiro atoms. The van der Waals surface area contributed by atoms with E-state index in [1.165, 1.54) is 6.33 Å². The van der Waals surface area contributed by atoms with E-state index < -0.39 is 5.82 Å². The van der Waals surface area contributed by atoms with Crippen molar-refractivity contribution in [3.05, 3.63) is 41.4 Å². The molecule has 0 saturated carbocycles. The van der Waals surface area contributed by atoms with E-state index in [2.05, 4.69) is 25.5 Å². The number of hydrogen-bond acceptors (Lipinski definition) is 8. The van der Waals surface area contributed by atoms with E-state index in [-0.39, 0.29) is 22.1 Å². The Bertz CT molecular complexity index is 1240. The summed E-state index contributed by atoms with van der Waals surface area (Å²) in [7, 11) is 0. The second-order valence-electron chi connectivity index (χ2n) is 9.46. The molecule has 2 aromatic heterocycles. The minimum Gasteiger partial charge on any atom is -0.489 e. The fourth-order valence-electron chi connectivity index (χ4n) is 5.07. The molecule has 0 unspecified atom stereocenters. The Balaban J connectivity index is 1.25. The van der Waals surface area contributed by atoms with Crippen molar-refractivity contribution in [2.45, 2.75) is 43.9 Å². The quantitative estimate of drug-likeness (QED) is 0.542.